The molecule has 1 aromatic heterocycles. The first kappa shape index (κ1) is 17.6. The minimum absolute atomic E-state index is 0.383. The van der Waals surface area contributed by atoms with Gasteiger partial charge in [-0.2, -0.15) is 0 Å². The van der Waals surface area contributed by atoms with Crippen molar-refractivity contribution < 1.29 is 8.42 Å². The molecule has 0 saturated heterocycles. The summed E-state index contributed by atoms with van der Waals surface area (Å²) >= 11 is 1.45. The molecule has 116 valence electrons. The Labute approximate surface area is 126 Å². The van der Waals surface area contributed by atoms with Crippen LogP contribution in [0.1, 0.15) is 49.3 Å². The average molecular weight is 319 g/mol. The lowest BCUT2D eigenvalue weighted by Gasteiger charge is -2.15. The predicted octanol–water partition coefficient (Wildman–Crippen LogP) is 3.01. The molecule has 1 heterocycles. The molecular weight excluding hydrogens is 292 g/mol. The van der Waals surface area contributed by atoms with Gasteiger partial charge in [0.15, 0.2) is 0 Å². The fraction of sp³-hybridized carbons (Fsp3) is 0.714. The number of unbranched alkanes of at least 4 members (excludes halogenated alkanes) is 1. The largest absolute Gasteiger partial charge is 0.326 e. The van der Waals surface area contributed by atoms with E-state index in [9.17, 15) is 8.42 Å². The van der Waals surface area contributed by atoms with Gasteiger partial charge < -0.3 is 5.73 Å². The lowest BCUT2D eigenvalue weighted by molar-refractivity contribution is 0.443. The predicted molar refractivity (Wildman–Crippen MR) is 85.4 cm³/mol. The molecule has 1 atom stereocenters. The molecule has 0 amide bonds. The van der Waals surface area contributed by atoms with E-state index >= 15 is 0 Å². The maximum absolute atomic E-state index is 12.3. The lowest BCUT2D eigenvalue weighted by atomic mass is 10.00. The molecule has 0 aromatic carbocycles. The van der Waals surface area contributed by atoms with Crippen LogP contribution in [0.5, 0.6) is 0 Å². The number of hydrogen-bond donors (Lipinski definition) is 2. The molecule has 3 N–H and O–H groups in total. The number of nitrogens with one attached hydrogen (secondary N) is 1. The summed E-state index contributed by atoms with van der Waals surface area (Å²) in [5, 5.41) is 0. The second kappa shape index (κ2) is 8.12. The van der Waals surface area contributed by atoms with Gasteiger partial charge in [0.1, 0.15) is 0 Å². The third-order valence-electron chi connectivity index (χ3n) is 3.52. The maximum Gasteiger partial charge on any atom is 0.241 e. The Hall–Kier alpha value is -0.430. The second-order valence-electron chi connectivity index (χ2n) is 5.11. The van der Waals surface area contributed by atoms with Crippen molar-refractivity contribution in [3.63, 3.8) is 0 Å². The Morgan fingerprint density at radius 3 is 2.60 bits per heavy atom. The maximum atomic E-state index is 12.3. The van der Waals surface area contributed by atoms with Gasteiger partial charge in [-0.15, -0.1) is 11.3 Å². The van der Waals surface area contributed by atoms with Gasteiger partial charge >= 0.3 is 0 Å². The Kier molecular flexibility index (Phi) is 7.15. The van der Waals surface area contributed by atoms with E-state index in [2.05, 4.69) is 18.6 Å². The zero-order chi connectivity index (χ0) is 15.2. The van der Waals surface area contributed by atoms with Crippen molar-refractivity contribution in [3.05, 3.63) is 15.8 Å². The van der Waals surface area contributed by atoms with Crippen LogP contribution in [0.2, 0.25) is 0 Å². The van der Waals surface area contributed by atoms with Crippen molar-refractivity contribution in [2.45, 2.75) is 57.9 Å². The quantitative estimate of drug-likeness (QED) is 0.735. The molecule has 0 bridgehead atoms. The summed E-state index contributed by atoms with van der Waals surface area (Å²) < 4.78 is 27.4. The van der Waals surface area contributed by atoms with E-state index < -0.39 is 10.0 Å². The summed E-state index contributed by atoms with van der Waals surface area (Å²) in [4.78, 5) is 2.09. The third kappa shape index (κ3) is 4.84. The van der Waals surface area contributed by atoms with E-state index in [1.807, 2.05) is 6.92 Å². The van der Waals surface area contributed by atoms with E-state index in [1.54, 1.807) is 6.07 Å². The molecule has 1 rings (SSSR count). The van der Waals surface area contributed by atoms with Crippen molar-refractivity contribution >= 4 is 21.4 Å². The van der Waals surface area contributed by atoms with E-state index in [0.29, 0.717) is 23.9 Å². The number of sulfonamides is 1. The first-order chi connectivity index (χ1) is 9.44. The molecule has 0 aliphatic carbocycles. The van der Waals surface area contributed by atoms with E-state index in [4.69, 9.17) is 5.73 Å². The summed E-state index contributed by atoms with van der Waals surface area (Å²) in [5.74, 6) is 0.414. The number of aryl methyl sites for hydroxylation is 1. The zero-order valence-electron chi connectivity index (χ0n) is 12.6. The second-order valence-corrected chi connectivity index (χ2v) is 8.18. The molecule has 0 fully saturated rings. The number of hydrogen-bond acceptors (Lipinski definition) is 4. The highest BCUT2D eigenvalue weighted by molar-refractivity contribution is 7.89. The van der Waals surface area contributed by atoms with E-state index in [-0.39, 0.29) is 0 Å². The van der Waals surface area contributed by atoms with Crippen molar-refractivity contribution in [1.82, 2.24) is 4.72 Å². The summed E-state index contributed by atoms with van der Waals surface area (Å²) in [5.41, 5.74) is 5.57. The topological polar surface area (TPSA) is 72.2 Å². The van der Waals surface area contributed by atoms with Gasteiger partial charge in [0.2, 0.25) is 10.0 Å². The van der Waals surface area contributed by atoms with Crippen LogP contribution in [0.3, 0.4) is 0 Å². The monoisotopic (exact) mass is 318 g/mol. The third-order valence-corrected chi connectivity index (χ3v) is 6.27. The Morgan fingerprint density at radius 1 is 1.40 bits per heavy atom. The molecule has 4 nitrogen and oxygen atoms in total. The van der Waals surface area contributed by atoms with Crippen LogP contribution in [0, 0.1) is 12.8 Å². The van der Waals surface area contributed by atoms with Crippen LogP contribution < -0.4 is 10.5 Å². The van der Waals surface area contributed by atoms with Gasteiger partial charge in [-0.25, -0.2) is 13.1 Å². The van der Waals surface area contributed by atoms with Crippen LogP contribution in [0.4, 0.5) is 0 Å². The SMILES string of the molecule is CCCCC(CC)CNS(=O)(=O)c1cc(CN)sc1C. The highest BCUT2D eigenvalue weighted by Crippen LogP contribution is 2.25. The summed E-state index contributed by atoms with van der Waals surface area (Å²) in [7, 11) is -3.41. The van der Waals surface area contributed by atoms with Gasteiger partial charge in [0.25, 0.3) is 0 Å². The fourth-order valence-electron chi connectivity index (χ4n) is 2.14. The first-order valence-electron chi connectivity index (χ1n) is 7.23. The van der Waals surface area contributed by atoms with Crippen molar-refractivity contribution in [2.75, 3.05) is 6.54 Å². The van der Waals surface area contributed by atoms with Crippen molar-refractivity contribution in [3.8, 4) is 0 Å². The molecule has 0 saturated carbocycles. The van der Waals surface area contributed by atoms with Crippen LogP contribution in [0.15, 0.2) is 11.0 Å². The summed E-state index contributed by atoms with van der Waals surface area (Å²) in [6.07, 6.45) is 4.37. The molecule has 0 spiro atoms. The molecule has 1 unspecified atom stereocenters. The van der Waals surface area contributed by atoms with Gasteiger partial charge in [-0.1, -0.05) is 33.1 Å². The van der Waals surface area contributed by atoms with Crippen LogP contribution in [0.25, 0.3) is 0 Å². The van der Waals surface area contributed by atoms with E-state index in [1.165, 1.54) is 11.3 Å². The van der Waals surface area contributed by atoms with E-state index in [0.717, 1.165) is 35.4 Å². The Bertz CT molecular complexity index is 509. The smallest absolute Gasteiger partial charge is 0.241 e. The summed E-state index contributed by atoms with van der Waals surface area (Å²) in [6.45, 7) is 6.99. The summed E-state index contributed by atoms with van der Waals surface area (Å²) in [6, 6.07) is 1.69. The van der Waals surface area contributed by atoms with Crippen LogP contribution >= 0.6 is 11.3 Å². The molecule has 6 heteroatoms. The highest BCUT2D eigenvalue weighted by atomic mass is 32.2. The van der Waals surface area contributed by atoms with Gasteiger partial charge in [0, 0.05) is 22.8 Å². The Balaban J connectivity index is 2.71. The van der Waals surface area contributed by atoms with Crippen LogP contribution in [-0.2, 0) is 16.6 Å². The van der Waals surface area contributed by atoms with Gasteiger partial charge in [-0.3, -0.25) is 0 Å². The molecular formula is C14H26N2O2S2. The van der Waals surface area contributed by atoms with Crippen LogP contribution in [-0.4, -0.2) is 15.0 Å². The minimum Gasteiger partial charge on any atom is -0.326 e. The fourth-order valence-corrected chi connectivity index (χ4v) is 4.77. The Morgan fingerprint density at radius 2 is 2.10 bits per heavy atom. The zero-order valence-corrected chi connectivity index (χ0v) is 14.2. The molecule has 0 aliphatic heterocycles. The van der Waals surface area contributed by atoms with Crippen molar-refractivity contribution in [1.29, 1.82) is 0 Å². The van der Waals surface area contributed by atoms with Gasteiger partial charge in [-0.05, 0) is 25.3 Å². The normalized spacial score (nSPS) is 13.6. The number of nitrogens with two attached hydrogens (primary N) is 1. The van der Waals surface area contributed by atoms with Gasteiger partial charge in [0.05, 0.1) is 4.90 Å². The number of thiophene rings is 1. The number of rotatable bonds is 9. The van der Waals surface area contributed by atoms with Crippen molar-refractivity contribution in [2.24, 2.45) is 11.7 Å². The molecule has 20 heavy (non-hydrogen) atoms. The minimum atomic E-state index is -3.41. The first-order valence-corrected chi connectivity index (χ1v) is 9.53. The average Bonchev–Trinajstić information content (AvgIpc) is 2.81. The molecule has 0 aliphatic rings. The molecule has 0 radical (unpaired) electrons. The highest BCUT2D eigenvalue weighted by Gasteiger charge is 2.20. The molecule has 1 aromatic rings. The standard InChI is InChI=1S/C14H26N2O2S2/c1-4-6-7-12(5-2)10-16-20(17,18)14-8-13(9-15)19-11(14)3/h8,12,16H,4-7,9-10,15H2,1-3H3. The lowest BCUT2D eigenvalue weighted by Crippen LogP contribution is -2.29.